The van der Waals surface area contributed by atoms with Crippen molar-refractivity contribution in [1.29, 1.82) is 0 Å². The predicted octanol–water partition coefficient (Wildman–Crippen LogP) is 3.06. The van der Waals surface area contributed by atoms with Gasteiger partial charge < -0.3 is 10.2 Å². The molecule has 7 nitrogen and oxygen atoms in total. The molecular formula is C19H25FN6OS. The summed E-state index contributed by atoms with van der Waals surface area (Å²) < 4.78 is 13.0. The molecule has 0 bridgehead atoms. The Hall–Kier alpha value is -2.26. The number of anilines is 2. The van der Waals surface area contributed by atoms with Crippen LogP contribution in [0, 0.1) is 5.82 Å². The SMILES string of the molecule is O=C(Nc1nnc(N2CCN(Cc3ccc(F)cc3)CC2)s1)NC1CCCC1. The fourth-order valence-corrected chi connectivity index (χ4v) is 4.52. The van der Waals surface area contributed by atoms with Crippen LogP contribution in [0.3, 0.4) is 0 Å². The minimum Gasteiger partial charge on any atom is -0.344 e. The van der Waals surface area contributed by atoms with Crippen LogP contribution in [0.1, 0.15) is 31.2 Å². The van der Waals surface area contributed by atoms with Crippen LogP contribution in [-0.4, -0.2) is 53.3 Å². The molecule has 0 spiro atoms. The molecule has 0 atom stereocenters. The molecular weight excluding hydrogens is 379 g/mol. The fourth-order valence-electron chi connectivity index (χ4n) is 3.73. The van der Waals surface area contributed by atoms with Crippen molar-refractivity contribution in [3.8, 4) is 0 Å². The average Bonchev–Trinajstić information content (AvgIpc) is 3.36. The van der Waals surface area contributed by atoms with Crippen LogP contribution in [-0.2, 0) is 6.54 Å². The van der Waals surface area contributed by atoms with Crippen molar-refractivity contribution in [3.63, 3.8) is 0 Å². The van der Waals surface area contributed by atoms with Crippen molar-refractivity contribution in [3.05, 3.63) is 35.6 Å². The lowest BCUT2D eigenvalue weighted by Crippen LogP contribution is -2.45. The molecule has 1 aromatic heterocycles. The Morgan fingerprint density at radius 3 is 2.54 bits per heavy atom. The van der Waals surface area contributed by atoms with Gasteiger partial charge in [-0.25, -0.2) is 9.18 Å². The fraction of sp³-hybridized carbons (Fsp3) is 0.526. The third kappa shape index (κ3) is 4.96. The van der Waals surface area contributed by atoms with Gasteiger partial charge in [0.2, 0.25) is 10.3 Å². The highest BCUT2D eigenvalue weighted by Crippen LogP contribution is 2.25. The Bertz CT molecular complexity index is 784. The summed E-state index contributed by atoms with van der Waals surface area (Å²) in [5, 5.41) is 15.5. The van der Waals surface area contributed by atoms with Crippen molar-refractivity contribution < 1.29 is 9.18 Å². The number of halogens is 1. The summed E-state index contributed by atoms with van der Waals surface area (Å²) in [5.41, 5.74) is 1.12. The van der Waals surface area contributed by atoms with Gasteiger partial charge in [-0.2, -0.15) is 0 Å². The van der Waals surface area contributed by atoms with E-state index in [1.54, 1.807) is 0 Å². The van der Waals surface area contributed by atoms with Gasteiger partial charge in [-0.1, -0.05) is 36.3 Å². The maximum Gasteiger partial charge on any atom is 0.321 e. The van der Waals surface area contributed by atoms with Crippen molar-refractivity contribution >= 4 is 27.6 Å². The minimum atomic E-state index is -0.203. The molecule has 1 aliphatic carbocycles. The van der Waals surface area contributed by atoms with Crippen molar-refractivity contribution in [2.75, 3.05) is 36.4 Å². The van der Waals surface area contributed by atoms with Gasteiger partial charge in [0.25, 0.3) is 0 Å². The van der Waals surface area contributed by atoms with Crippen molar-refractivity contribution in [2.24, 2.45) is 0 Å². The number of carbonyl (C=O) groups is 1. The summed E-state index contributed by atoms with van der Waals surface area (Å²) in [6.45, 7) is 4.33. The first-order chi connectivity index (χ1) is 13.7. The number of benzene rings is 1. The molecule has 2 aliphatic rings. The van der Waals surface area contributed by atoms with E-state index in [1.165, 1.54) is 36.3 Å². The Labute approximate surface area is 167 Å². The van der Waals surface area contributed by atoms with E-state index in [9.17, 15) is 9.18 Å². The lowest BCUT2D eigenvalue weighted by Gasteiger charge is -2.34. The molecule has 0 unspecified atom stereocenters. The number of nitrogens with one attached hydrogen (secondary N) is 2. The van der Waals surface area contributed by atoms with Gasteiger partial charge in [-0.15, -0.1) is 10.2 Å². The predicted molar refractivity (Wildman–Crippen MR) is 108 cm³/mol. The highest BCUT2D eigenvalue weighted by Gasteiger charge is 2.22. The summed E-state index contributed by atoms with van der Waals surface area (Å²) >= 11 is 1.40. The standard InChI is InChI=1S/C19H25FN6OS/c20-15-7-5-14(6-8-15)13-25-9-11-26(12-10-25)19-24-23-18(28-19)22-17(27)21-16-3-1-2-4-16/h5-8,16H,1-4,9-13H2,(H2,21,22,23,27). The molecule has 2 aromatic rings. The molecule has 2 heterocycles. The number of urea groups is 1. The molecule has 2 amide bonds. The quantitative estimate of drug-likeness (QED) is 0.801. The third-order valence-corrected chi connectivity index (χ3v) is 6.19. The topological polar surface area (TPSA) is 73.4 Å². The number of piperazine rings is 1. The maximum absolute atomic E-state index is 13.0. The third-order valence-electron chi connectivity index (χ3n) is 5.29. The first kappa shape index (κ1) is 19.1. The molecule has 9 heteroatoms. The van der Waals surface area contributed by atoms with E-state index in [4.69, 9.17) is 0 Å². The van der Waals surface area contributed by atoms with Crippen LogP contribution >= 0.6 is 11.3 Å². The summed E-state index contributed by atoms with van der Waals surface area (Å²) in [6, 6.07) is 6.76. The summed E-state index contributed by atoms with van der Waals surface area (Å²) in [7, 11) is 0. The van der Waals surface area contributed by atoms with E-state index in [1.807, 2.05) is 12.1 Å². The van der Waals surface area contributed by atoms with Crippen LogP contribution in [0.4, 0.5) is 19.4 Å². The van der Waals surface area contributed by atoms with E-state index < -0.39 is 0 Å². The lowest BCUT2D eigenvalue weighted by molar-refractivity contribution is 0.248. The first-order valence-electron chi connectivity index (χ1n) is 9.78. The van der Waals surface area contributed by atoms with Gasteiger partial charge in [-0.3, -0.25) is 10.2 Å². The number of rotatable bonds is 5. The van der Waals surface area contributed by atoms with Crippen LogP contribution in [0.2, 0.25) is 0 Å². The monoisotopic (exact) mass is 404 g/mol. The Morgan fingerprint density at radius 1 is 1.11 bits per heavy atom. The van der Waals surface area contributed by atoms with Crippen LogP contribution < -0.4 is 15.5 Å². The van der Waals surface area contributed by atoms with Crippen LogP contribution in [0.25, 0.3) is 0 Å². The molecule has 1 saturated carbocycles. The van der Waals surface area contributed by atoms with Gasteiger partial charge in [0.15, 0.2) is 0 Å². The van der Waals surface area contributed by atoms with Crippen LogP contribution in [0.15, 0.2) is 24.3 Å². The van der Waals surface area contributed by atoms with Crippen molar-refractivity contribution in [2.45, 2.75) is 38.3 Å². The maximum atomic E-state index is 13.0. The molecule has 1 aliphatic heterocycles. The van der Waals surface area contributed by atoms with Gasteiger partial charge in [-0.05, 0) is 30.5 Å². The van der Waals surface area contributed by atoms with Gasteiger partial charge in [0.05, 0.1) is 0 Å². The molecule has 1 aromatic carbocycles. The zero-order valence-electron chi connectivity index (χ0n) is 15.7. The normalized spacial score (nSPS) is 18.4. The molecule has 0 radical (unpaired) electrons. The van der Waals surface area contributed by atoms with E-state index in [0.29, 0.717) is 5.13 Å². The smallest absolute Gasteiger partial charge is 0.321 e. The molecule has 28 heavy (non-hydrogen) atoms. The second-order valence-corrected chi connectivity index (χ2v) is 8.32. The molecule has 2 N–H and O–H groups in total. The number of hydrogen-bond donors (Lipinski definition) is 2. The Morgan fingerprint density at radius 2 is 1.82 bits per heavy atom. The average molecular weight is 405 g/mol. The second-order valence-electron chi connectivity index (χ2n) is 7.36. The molecule has 2 fully saturated rings. The molecule has 150 valence electrons. The molecule has 1 saturated heterocycles. The van der Waals surface area contributed by atoms with Crippen LogP contribution in [0.5, 0.6) is 0 Å². The zero-order chi connectivity index (χ0) is 19.3. The second kappa shape index (κ2) is 8.83. The van der Waals surface area contributed by atoms with Gasteiger partial charge in [0.1, 0.15) is 5.82 Å². The largest absolute Gasteiger partial charge is 0.344 e. The van der Waals surface area contributed by atoms with Gasteiger partial charge >= 0.3 is 6.03 Å². The minimum absolute atomic E-state index is 0.196. The lowest BCUT2D eigenvalue weighted by atomic mass is 10.2. The zero-order valence-corrected chi connectivity index (χ0v) is 16.6. The van der Waals surface area contributed by atoms with Crippen molar-refractivity contribution in [1.82, 2.24) is 20.4 Å². The van der Waals surface area contributed by atoms with Gasteiger partial charge in [0, 0.05) is 38.8 Å². The first-order valence-corrected chi connectivity index (χ1v) is 10.6. The number of nitrogens with zero attached hydrogens (tertiary/aromatic N) is 4. The molecule has 4 rings (SSSR count). The highest BCUT2D eigenvalue weighted by atomic mass is 32.1. The van der Waals surface area contributed by atoms with E-state index in [-0.39, 0.29) is 17.9 Å². The van der Waals surface area contributed by atoms with E-state index in [0.717, 1.165) is 56.3 Å². The van der Waals surface area contributed by atoms with E-state index >= 15 is 0 Å². The number of hydrogen-bond acceptors (Lipinski definition) is 6. The highest BCUT2D eigenvalue weighted by molar-refractivity contribution is 7.19. The number of aromatic nitrogens is 2. The Kier molecular flexibility index (Phi) is 6.01. The Balaban J connectivity index is 1.24. The summed E-state index contributed by atoms with van der Waals surface area (Å²) in [4.78, 5) is 16.6. The number of amides is 2. The summed E-state index contributed by atoms with van der Waals surface area (Å²) in [6.07, 6.45) is 4.47. The number of carbonyl (C=O) groups excluding carboxylic acids is 1. The summed E-state index contributed by atoms with van der Waals surface area (Å²) in [5.74, 6) is -0.203. The van der Waals surface area contributed by atoms with E-state index in [2.05, 4.69) is 30.6 Å².